The Morgan fingerprint density at radius 2 is 0.881 bits per heavy atom. The summed E-state index contributed by atoms with van der Waals surface area (Å²) < 4.78 is 15.2. The molecule has 0 unspecified atom stereocenters. The Morgan fingerprint density at radius 3 is 1.30 bits per heavy atom. The topological polar surface area (TPSA) is 87.8 Å². The highest BCUT2D eigenvalue weighted by Crippen LogP contribution is 2.38. The van der Waals surface area contributed by atoms with Gasteiger partial charge in [-0.25, -0.2) is 15.0 Å². The zero-order valence-corrected chi connectivity index (χ0v) is 38.7. The van der Waals surface area contributed by atoms with Gasteiger partial charge in [-0.3, -0.25) is 14.5 Å². The average molecular weight is 877 g/mol. The maximum atomic E-state index is 6.58. The van der Waals surface area contributed by atoms with Gasteiger partial charge in [0.15, 0.2) is 0 Å². The molecular weight excluding hydrogens is 825 g/mol. The van der Waals surface area contributed by atoms with E-state index in [1.807, 2.05) is 77.6 Å². The van der Waals surface area contributed by atoms with E-state index >= 15 is 0 Å². The van der Waals surface area contributed by atoms with Crippen molar-refractivity contribution in [3.8, 4) is 73.7 Å². The number of rotatable bonds is 13. The molecule has 0 radical (unpaired) electrons. The molecular formula is C59H52N6O2. The third-order valence-corrected chi connectivity index (χ3v) is 12.2. The van der Waals surface area contributed by atoms with Gasteiger partial charge in [0.1, 0.15) is 35.7 Å². The van der Waals surface area contributed by atoms with Crippen LogP contribution in [0, 0.1) is 25.7 Å². The van der Waals surface area contributed by atoms with Crippen LogP contribution < -0.4 is 9.47 Å². The number of hydrogen-bond donors (Lipinski definition) is 0. The van der Waals surface area contributed by atoms with Crippen molar-refractivity contribution in [1.82, 2.24) is 29.5 Å². The number of nitrogens with zero attached hydrogens (tertiary/aromatic N) is 6. The number of ether oxygens (including phenoxy) is 2. The Balaban J connectivity index is 0.910. The van der Waals surface area contributed by atoms with Gasteiger partial charge in [-0.1, -0.05) is 100 Å². The summed E-state index contributed by atoms with van der Waals surface area (Å²) in [6.45, 7) is 13.3. The molecule has 0 aliphatic heterocycles. The number of hydrogen-bond acceptors (Lipinski definition) is 7. The van der Waals surface area contributed by atoms with E-state index in [1.54, 1.807) is 0 Å². The van der Waals surface area contributed by atoms with Crippen molar-refractivity contribution in [3.05, 3.63) is 193 Å². The molecule has 0 bridgehead atoms. The highest BCUT2D eigenvalue weighted by Gasteiger charge is 2.18. The van der Waals surface area contributed by atoms with Gasteiger partial charge in [0.2, 0.25) is 5.95 Å². The summed E-state index contributed by atoms with van der Waals surface area (Å²) in [4.78, 5) is 23.1. The van der Waals surface area contributed by atoms with Gasteiger partial charge < -0.3 is 9.47 Å². The van der Waals surface area contributed by atoms with Crippen LogP contribution in [0.3, 0.4) is 0 Å². The number of fused-ring (bicyclic) bond motifs is 3. The van der Waals surface area contributed by atoms with Crippen molar-refractivity contribution in [2.45, 2.75) is 54.4 Å². The molecule has 0 saturated heterocycles. The molecule has 8 heteroatoms. The van der Waals surface area contributed by atoms with Crippen LogP contribution >= 0.6 is 0 Å². The fourth-order valence-electron chi connectivity index (χ4n) is 8.99. The molecule has 6 aromatic carbocycles. The largest absolute Gasteiger partial charge is 0.457 e. The van der Waals surface area contributed by atoms with Crippen molar-refractivity contribution in [2.75, 3.05) is 0 Å². The third kappa shape index (κ3) is 9.29. The predicted molar refractivity (Wildman–Crippen MR) is 271 cm³/mol. The van der Waals surface area contributed by atoms with Crippen molar-refractivity contribution < 1.29 is 9.47 Å². The van der Waals surface area contributed by atoms with Crippen molar-refractivity contribution in [3.63, 3.8) is 0 Å². The molecule has 330 valence electrons. The van der Waals surface area contributed by atoms with E-state index in [9.17, 15) is 0 Å². The highest BCUT2D eigenvalue weighted by atomic mass is 16.5. The molecule has 4 heterocycles. The van der Waals surface area contributed by atoms with E-state index in [0.29, 0.717) is 40.8 Å². The Hall–Kier alpha value is -7.97. The summed E-state index contributed by atoms with van der Waals surface area (Å²) in [5.74, 6) is 4.49. The molecule has 0 aliphatic carbocycles. The average Bonchev–Trinajstić information content (AvgIpc) is 3.65. The number of pyridine rings is 2. The molecule has 0 amide bonds. The second-order valence-electron chi connectivity index (χ2n) is 18.3. The van der Waals surface area contributed by atoms with Crippen LogP contribution in [-0.2, 0) is 12.8 Å². The lowest BCUT2D eigenvalue weighted by Crippen LogP contribution is -2.01. The molecule has 8 nitrogen and oxygen atoms in total. The van der Waals surface area contributed by atoms with Gasteiger partial charge in [-0.2, -0.15) is 0 Å². The van der Waals surface area contributed by atoms with Crippen LogP contribution in [0.25, 0.3) is 72.5 Å². The van der Waals surface area contributed by atoms with Gasteiger partial charge in [0.25, 0.3) is 0 Å². The summed E-state index contributed by atoms with van der Waals surface area (Å²) in [5.41, 5.74) is 15.1. The second-order valence-corrected chi connectivity index (χ2v) is 18.3. The van der Waals surface area contributed by atoms with Crippen molar-refractivity contribution in [2.24, 2.45) is 11.8 Å². The highest BCUT2D eigenvalue weighted by molar-refractivity contribution is 6.09. The summed E-state index contributed by atoms with van der Waals surface area (Å²) >= 11 is 0. The Morgan fingerprint density at radius 1 is 0.448 bits per heavy atom. The molecule has 4 aromatic heterocycles. The maximum absolute atomic E-state index is 6.58. The number of aromatic nitrogens is 6. The van der Waals surface area contributed by atoms with E-state index in [0.717, 1.165) is 68.3 Å². The lowest BCUT2D eigenvalue weighted by Gasteiger charge is -2.12. The Labute approximate surface area is 392 Å². The fourth-order valence-corrected chi connectivity index (χ4v) is 8.99. The monoisotopic (exact) mass is 876 g/mol. The minimum atomic E-state index is 0.487. The molecule has 67 heavy (non-hydrogen) atoms. The van der Waals surface area contributed by atoms with E-state index in [-0.39, 0.29) is 0 Å². The van der Waals surface area contributed by atoms with Crippen LogP contribution in [0.5, 0.6) is 23.0 Å². The zero-order valence-electron chi connectivity index (χ0n) is 38.7. The number of benzene rings is 6. The lowest BCUT2D eigenvalue weighted by molar-refractivity contribution is 0.483. The molecule has 0 spiro atoms. The molecule has 0 saturated carbocycles. The van der Waals surface area contributed by atoms with Gasteiger partial charge >= 0.3 is 0 Å². The first-order valence-electron chi connectivity index (χ1n) is 23.0. The zero-order chi connectivity index (χ0) is 46.0. The minimum Gasteiger partial charge on any atom is -0.457 e. The summed E-state index contributed by atoms with van der Waals surface area (Å²) in [7, 11) is 0. The van der Waals surface area contributed by atoms with Crippen LogP contribution in [0.4, 0.5) is 0 Å². The molecule has 10 rings (SSSR count). The first-order valence-corrected chi connectivity index (χ1v) is 23.0. The van der Waals surface area contributed by atoms with Crippen LogP contribution in [-0.4, -0.2) is 29.5 Å². The van der Waals surface area contributed by atoms with Crippen LogP contribution in [0.2, 0.25) is 0 Å². The molecule has 10 aromatic rings. The van der Waals surface area contributed by atoms with Crippen LogP contribution in [0.1, 0.15) is 49.9 Å². The maximum Gasteiger partial charge on any atom is 0.237 e. The molecule has 0 aliphatic rings. The molecule has 0 N–H and O–H groups in total. The quantitative estimate of drug-likeness (QED) is 0.114. The van der Waals surface area contributed by atoms with E-state index in [1.165, 1.54) is 46.0 Å². The Kier molecular flexibility index (Phi) is 11.9. The standard InChI is InChI=1S/C59H52N6O2/c1-37(2)25-41-13-17-43(18-14-41)53-33-61-55(27-39(53)5)45-9-7-11-47(29-45)66-49-21-23-51-52-24-22-50(32-58(52)65(57(51)31-49)59-63-35-60-36-64-59)67-48-12-8-10-46(30-48)56-28-40(6)54(34-62-56)44-19-15-42(16-20-44)26-38(3)4/h7-24,27-38H,25-26H2,1-6H3. The Bertz CT molecular complexity index is 3170. The van der Waals surface area contributed by atoms with Crippen LogP contribution in [0.15, 0.2) is 171 Å². The van der Waals surface area contributed by atoms with E-state index in [4.69, 9.17) is 19.4 Å². The van der Waals surface area contributed by atoms with Crippen molar-refractivity contribution >= 4 is 21.8 Å². The summed E-state index contributed by atoms with van der Waals surface area (Å²) in [6, 6.07) is 50.4. The summed E-state index contributed by atoms with van der Waals surface area (Å²) in [5, 5.41) is 2.05. The smallest absolute Gasteiger partial charge is 0.237 e. The second kappa shape index (κ2) is 18.5. The fraction of sp³-hybridized carbons (Fsp3) is 0.169. The van der Waals surface area contributed by atoms with Gasteiger partial charge in [0, 0.05) is 57.6 Å². The number of aryl methyl sites for hydroxylation is 2. The third-order valence-electron chi connectivity index (χ3n) is 12.2. The van der Waals surface area contributed by atoms with E-state index in [2.05, 4.69) is 141 Å². The first kappa shape index (κ1) is 43.0. The summed E-state index contributed by atoms with van der Waals surface area (Å²) in [6.07, 6.45) is 9.12. The van der Waals surface area contributed by atoms with Gasteiger partial charge in [-0.15, -0.1) is 0 Å². The molecule has 0 fully saturated rings. The van der Waals surface area contributed by atoms with E-state index < -0.39 is 0 Å². The molecule has 0 atom stereocenters. The van der Waals surface area contributed by atoms with Crippen molar-refractivity contribution in [1.29, 1.82) is 0 Å². The lowest BCUT2D eigenvalue weighted by atomic mass is 9.97. The normalized spacial score (nSPS) is 11.5. The predicted octanol–water partition coefficient (Wildman–Crippen LogP) is 15.0. The minimum absolute atomic E-state index is 0.487. The van der Waals surface area contributed by atoms with Gasteiger partial charge in [0.05, 0.1) is 22.4 Å². The SMILES string of the molecule is Cc1cc(-c2cccc(Oc3ccc4c5ccc(Oc6cccc(-c7cc(C)c(-c8ccc(CC(C)C)cc8)cn7)c6)cc5n(-c5ncncn5)c4c3)c2)ncc1-c1ccc(CC(C)C)cc1. The first-order chi connectivity index (χ1) is 32.6. The van der Waals surface area contributed by atoms with Gasteiger partial charge in [-0.05, 0) is 133 Å².